The van der Waals surface area contributed by atoms with Gasteiger partial charge in [0.25, 0.3) is 5.56 Å². The Morgan fingerprint density at radius 1 is 1.35 bits per heavy atom. The minimum Gasteiger partial charge on any atom is -0.323 e. The van der Waals surface area contributed by atoms with Crippen molar-refractivity contribution in [1.82, 2.24) is 4.57 Å². The highest BCUT2D eigenvalue weighted by Gasteiger charge is 2.08. The Bertz CT molecular complexity index is 713. The number of halogens is 2. The van der Waals surface area contributed by atoms with Crippen LogP contribution in [0.25, 0.3) is 0 Å². The van der Waals surface area contributed by atoms with Gasteiger partial charge < -0.3 is 9.88 Å². The maximum atomic E-state index is 11.9. The molecule has 0 saturated carbocycles. The highest BCUT2D eigenvalue weighted by Crippen LogP contribution is 2.22. The van der Waals surface area contributed by atoms with E-state index >= 15 is 0 Å². The summed E-state index contributed by atoms with van der Waals surface area (Å²) in [6.07, 6.45) is 1.57. The van der Waals surface area contributed by atoms with Crippen molar-refractivity contribution in [3.63, 3.8) is 0 Å². The summed E-state index contributed by atoms with van der Waals surface area (Å²) in [6, 6.07) is 8.39. The van der Waals surface area contributed by atoms with E-state index in [9.17, 15) is 9.59 Å². The monoisotopic (exact) mass is 354 g/mol. The first kappa shape index (κ1) is 14.8. The van der Waals surface area contributed by atoms with Gasteiger partial charge in [0.05, 0.1) is 10.7 Å². The zero-order chi connectivity index (χ0) is 14.7. The number of anilines is 1. The standard InChI is InChI=1S/C14H12BrClN2O2/c1-9-2-4-12(11(16)6-9)17-13(19)8-18-7-10(15)3-5-14(18)20/h2-7H,8H2,1H3,(H,17,19). The lowest BCUT2D eigenvalue weighted by molar-refractivity contribution is -0.116. The summed E-state index contributed by atoms with van der Waals surface area (Å²) in [4.78, 5) is 23.5. The normalized spacial score (nSPS) is 10.3. The Hall–Kier alpha value is -1.59. The minimum atomic E-state index is -0.309. The van der Waals surface area contributed by atoms with Gasteiger partial charge in [-0.1, -0.05) is 17.7 Å². The highest BCUT2D eigenvalue weighted by molar-refractivity contribution is 9.10. The molecule has 0 aliphatic carbocycles. The fourth-order valence-electron chi connectivity index (χ4n) is 1.69. The molecule has 0 bridgehead atoms. The SMILES string of the molecule is Cc1ccc(NC(=O)Cn2cc(Br)ccc2=O)c(Cl)c1. The molecule has 0 atom stereocenters. The average Bonchev–Trinajstić information content (AvgIpc) is 2.37. The fraction of sp³-hybridized carbons (Fsp3) is 0.143. The maximum Gasteiger partial charge on any atom is 0.251 e. The lowest BCUT2D eigenvalue weighted by Gasteiger charge is -2.09. The molecule has 0 fully saturated rings. The van der Waals surface area contributed by atoms with Crippen molar-refractivity contribution in [2.24, 2.45) is 0 Å². The zero-order valence-corrected chi connectivity index (χ0v) is 13.0. The molecular weight excluding hydrogens is 344 g/mol. The molecule has 0 aliphatic heterocycles. The third-order valence-electron chi connectivity index (χ3n) is 2.66. The number of hydrogen-bond acceptors (Lipinski definition) is 2. The van der Waals surface area contributed by atoms with E-state index < -0.39 is 0 Å². The molecule has 4 nitrogen and oxygen atoms in total. The topological polar surface area (TPSA) is 51.1 Å². The molecule has 6 heteroatoms. The summed E-state index contributed by atoms with van der Waals surface area (Å²) in [6.45, 7) is 1.85. The maximum absolute atomic E-state index is 11.9. The number of nitrogens with one attached hydrogen (secondary N) is 1. The van der Waals surface area contributed by atoms with E-state index in [0.29, 0.717) is 10.7 Å². The lowest BCUT2D eigenvalue weighted by Crippen LogP contribution is -2.26. The Morgan fingerprint density at radius 2 is 2.10 bits per heavy atom. The number of aryl methyl sites for hydroxylation is 1. The second kappa shape index (κ2) is 6.24. The van der Waals surface area contributed by atoms with Crippen LogP contribution in [-0.2, 0) is 11.3 Å². The number of aromatic nitrogens is 1. The van der Waals surface area contributed by atoms with Gasteiger partial charge in [0.2, 0.25) is 5.91 Å². The molecule has 0 radical (unpaired) electrons. The van der Waals surface area contributed by atoms with E-state index in [1.165, 1.54) is 10.6 Å². The Kier molecular flexibility index (Phi) is 4.62. The molecule has 0 aliphatic rings. The van der Waals surface area contributed by atoms with Crippen LogP contribution in [0.2, 0.25) is 5.02 Å². The third-order valence-corrected chi connectivity index (χ3v) is 3.44. The summed E-state index contributed by atoms with van der Waals surface area (Å²) in [5.74, 6) is -0.309. The molecular formula is C14H12BrClN2O2. The van der Waals surface area contributed by atoms with Crippen LogP contribution in [0.3, 0.4) is 0 Å². The van der Waals surface area contributed by atoms with E-state index in [1.807, 2.05) is 13.0 Å². The summed E-state index contributed by atoms with van der Waals surface area (Å²) >= 11 is 9.30. The van der Waals surface area contributed by atoms with Crippen molar-refractivity contribution in [1.29, 1.82) is 0 Å². The molecule has 104 valence electrons. The molecule has 2 aromatic rings. The van der Waals surface area contributed by atoms with E-state index in [0.717, 1.165) is 10.0 Å². The van der Waals surface area contributed by atoms with Crippen LogP contribution in [0.1, 0.15) is 5.56 Å². The number of amides is 1. The lowest BCUT2D eigenvalue weighted by atomic mass is 10.2. The number of benzene rings is 1. The molecule has 0 spiro atoms. The second-order valence-electron chi connectivity index (χ2n) is 4.34. The average molecular weight is 356 g/mol. The second-order valence-corrected chi connectivity index (χ2v) is 5.67. The molecule has 1 aromatic heterocycles. The Morgan fingerprint density at radius 3 is 2.80 bits per heavy atom. The number of nitrogens with zero attached hydrogens (tertiary/aromatic N) is 1. The van der Waals surface area contributed by atoms with Gasteiger partial charge in [0.1, 0.15) is 6.54 Å². The van der Waals surface area contributed by atoms with Crippen LogP contribution in [0.15, 0.2) is 45.8 Å². The fourth-order valence-corrected chi connectivity index (χ4v) is 2.35. The predicted molar refractivity (Wildman–Crippen MR) is 83.2 cm³/mol. The van der Waals surface area contributed by atoms with Crippen molar-refractivity contribution in [2.75, 3.05) is 5.32 Å². The van der Waals surface area contributed by atoms with Gasteiger partial charge in [-0.15, -0.1) is 0 Å². The van der Waals surface area contributed by atoms with Crippen LogP contribution < -0.4 is 10.9 Å². The largest absolute Gasteiger partial charge is 0.323 e. The molecule has 0 saturated heterocycles. The molecule has 1 amide bonds. The van der Waals surface area contributed by atoms with Gasteiger partial charge >= 0.3 is 0 Å². The van der Waals surface area contributed by atoms with Crippen LogP contribution >= 0.6 is 27.5 Å². The first-order chi connectivity index (χ1) is 9.45. The summed E-state index contributed by atoms with van der Waals surface area (Å²) in [5.41, 5.74) is 1.31. The minimum absolute atomic E-state index is 0.0670. The van der Waals surface area contributed by atoms with Crippen LogP contribution in [-0.4, -0.2) is 10.5 Å². The van der Waals surface area contributed by atoms with Crippen molar-refractivity contribution in [2.45, 2.75) is 13.5 Å². The quantitative estimate of drug-likeness (QED) is 0.919. The van der Waals surface area contributed by atoms with Crippen molar-refractivity contribution < 1.29 is 4.79 Å². The summed E-state index contributed by atoms with van der Waals surface area (Å²) in [7, 11) is 0. The molecule has 2 rings (SSSR count). The number of pyridine rings is 1. The Labute approximate surface area is 129 Å². The number of carbonyl (C=O) groups excluding carboxylic acids is 1. The van der Waals surface area contributed by atoms with Gasteiger partial charge in [-0.25, -0.2) is 0 Å². The van der Waals surface area contributed by atoms with Crippen molar-refractivity contribution in [3.8, 4) is 0 Å². The van der Waals surface area contributed by atoms with Gasteiger partial charge in [-0.3, -0.25) is 9.59 Å². The molecule has 20 heavy (non-hydrogen) atoms. The van der Waals surface area contributed by atoms with Gasteiger partial charge in [0, 0.05) is 16.7 Å². The number of hydrogen-bond donors (Lipinski definition) is 1. The number of rotatable bonds is 3. The first-order valence-electron chi connectivity index (χ1n) is 5.88. The van der Waals surface area contributed by atoms with Gasteiger partial charge in [-0.2, -0.15) is 0 Å². The van der Waals surface area contributed by atoms with Crippen molar-refractivity contribution >= 4 is 39.1 Å². The predicted octanol–water partition coefficient (Wildman–Crippen LogP) is 3.21. The van der Waals surface area contributed by atoms with E-state index in [1.54, 1.807) is 24.4 Å². The molecule has 1 heterocycles. The zero-order valence-electron chi connectivity index (χ0n) is 10.7. The highest BCUT2D eigenvalue weighted by atomic mass is 79.9. The van der Waals surface area contributed by atoms with Gasteiger partial charge in [-0.05, 0) is 46.6 Å². The van der Waals surface area contributed by atoms with Crippen LogP contribution in [0.5, 0.6) is 0 Å². The Balaban J connectivity index is 2.13. The summed E-state index contributed by atoms with van der Waals surface area (Å²) in [5, 5.41) is 3.16. The summed E-state index contributed by atoms with van der Waals surface area (Å²) < 4.78 is 2.06. The molecule has 0 unspecified atom stereocenters. The van der Waals surface area contributed by atoms with E-state index in [-0.39, 0.29) is 18.0 Å². The van der Waals surface area contributed by atoms with Crippen LogP contribution in [0, 0.1) is 6.92 Å². The smallest absolute Gasteiger partial charge is 0.251 e. The molecule has 1 aromatic carbocycles. The van der Waals surface area contributed by atoms with Crippen LogP contribution in [0.4, 0.5) is 5.69 Å². The van der Waals surface area contributed by atoms with E-state index in [4.69, 9.17) is 11.6 Å². The number of carbonyl (C=O) groups is 1. The first-order valence-corrected chi connectivity index (χ1v) is 7.05. The van der Waals surface area contributed by atoms with Gasteiger partial charge in [0.15, 0.2) is 0 Å². The molecule has 1 N–H and O–H groups in total. The van der Waals surface area contributed by atoms with Crippen molar-refractivity contribution in [3.05, 3.63) is 61.9 Å². The van der Waals surface area contributed by atoms with E-state index in [2.05, 4.69) is 21.2 Å². The third kappa shape index (κ3) is 3.71.